The second-order valence-electron chi connectivity index (χ2n) is 6.38. The van der Waals surface area contributed by atoms with Crippen molar-refractivity contribution in [2.75, 3.05) is 14.1 Å². The quantitative estimate of drug-likeness (QED) is 0.910. The second kappa shape index (κ2) is 5.59. The summed E-state index contributed by atoms with van der Waals surface area (Å²) >= 11 is 0. The molecule has 1 aliphatic carbocycles. The molecule has 2 rings (SSSR count). The Kier molecular flexibility index (Phi) is 4.26. The van der Waals surface area contributed by atoms with E-state index < -0.39 is 6.10 Å². The molecule has 1 aromatic rings. The van der Waals surface area contributed by atoms with Crippen LogP contribution in [0.5, 0.6) is 0 Å². The highest BCUT2D eigenvalue weighted by Crippen LogP contribution is 2.43. The summed E-state index contributed by atoms with van der Waals surface area (Å²) in [6.07, 6.45) is 7.67. The summed E-state index contributed by atoms with van der Waals surface area (Å²) < 4.78 is 0. The van der Waals surface area contributed by atoms with Crippen molar-refractivity contribution in [1.29, 1.82) is 0 Å². The van der Waals surface area contributed by atoms with E-state index in [1.807, 2.05) is 13.1 Å². The smallest absolute Gasteiger partial charge is 0.0988 e. The summed E-state index contributed by atoms with van der Waals surface area (Å²) in [5.74, 6) is 0.774. The number of aliphatic hydroxyl groups is 1. The maximum atomic E-state index is 10.9. The lowest BCUT2D eigenvalue weighted by Crippen LogP contribution is -2.51. The minimum absolute atomic E-state index is 0.137. The van der Waals surface area contributed by atoms with Crippen molar-refractivity contribution in [3.05, 3.63) is 29.6 Å². The van der Waals surface area contributed by atoms with Crippen LogP contribution in [0.1, 0.15) is 49.8 Å². The molecule has 19 heavy (non-hydrogen) atoms. The van der Waals surface area contributed by atoms with Crippen LogP contribution in [-0.2, 0) is 0 Å². The molecule has 1 heterocycles. The van der Waals surface area contributed by atoms with Crippen LogP contribution in [0.2, 0.25) is 0 Å². The Morgan fingerprint density at radius 1 is 1.32 bits per heavy atom. The Labute approximate surface area is 116 Å². The van der Waals surface area contributed by atoms with Crippen molar-refractivity contribution < 1.29 is 5.11 Å². The first-order chi connectivity index (χ1) is 8.95. The molecule has 1 saturated carbocycles. The van der Waals surface area contributed by atoms with Crippen LogP contribution in [-0.4, -0.2) is 34.6 Å². The summed E-state index contributed by atoms with van der Waals surface area (Å²) in [5.41, 5.74) is 1.92. The molecule has 0 bridgehead atoms. The third kappa shape index (κ3) is 2.82. The van der Waals surface area contributed by atoms with Crippen molar-refractivity contribution in [3.8, 4) is 0 Å². The van der Waals surface area contributed by atoms with Gasteiger partial charge in [-0.3, -0.25) is 4.98 Å². The largest absolute Gasteiger partial charge is 0.386 e. The van der Waals surface area contributed by atoms with E-state index in [2.05, 4.69) is 37.0 Å². The molecule has 0 radical (unpaired) electrons. The van der Waals surface area contributed by atoms with Crippen LogP contribution >= 0.6 is 0 Å². The number of likely N-dealkylation sites (N-methyl/N-ethyl adjacent to an activating group) is 1. The molecule has 1 N–H and O–H groups in total. The molecule has 0 saturated heterocycles. The monoisotopic (exact) mass is 262 g/mol. The van der Waals surface area contributed by atoms with Crippen LogP contribution in [0.25, 0.3) is 0 Å². The molecule has 3 nitrogen and oxygen atoms in total. The van der Waals surface area contributed by atoms with Crippen molar-refractivity contribution in [2.24, 2.45) is 5.92 Å². The number of hydrogen-bond donors (Lipinski definition) is 1. The number of nitrogens with zero attached hydrogens (tertiary/aromatic N) is 2. The van der Waals surface area contributed by atoms with E-state index >= 15 is 0 Å². The van der Waals surface area contributed by atoms with Gasteiger partial charge in [-0.25, -0.2) is 0 Å². The zero-order valence-corrected chi connectivity index (χ0v) is 12.6. The zero-order valence-electron chi connectivity index (χ0n) is 12.6. The van der Waals surface area contributed by atoms with E-state index in [0.29, 0.717) is 0 Å². The molecule has 3 heteroatoms. The summed E-state index contributed by atoms with van der Waals surface area (Å²) in [6.45, 7) is 4.33. The predicted molar refractivity (Wildman–Crippen MR) is 78.0 cm³/mol. The zero-order chi connectivity index (χ0) is 14.0. The van der Waals surface area contributed by atoms with E-state index in [4.69, 9.17) is 0 Å². The molecule has 0 aliphatic heterocycles. The van der Waals surface area contributed by atoms with Crippen LogP contribution in [0.3, 0.4) is 0 Å². The van der Waals surface area contributed by atoms with Crippen LogP contribution in [0.15, 0.2) is 18.5 Å². The maximum Gasteiger partial charge on any atom is 0.0988 e. The third-order valence-electron chi connectivity index (χ3n) is 4.75. The van der Waals surface area contributed by atoms with Gasteiger partial charge < -0.3 is 10.0 Å². The van der Waals surface area contributed by atoms with Gasteiger partial charge in [0.1, 0.15) is 0 Å². The summed E-state index contributed by atoms with van der Waals surface area (Å²) in [5, 5.41) is 10.9. The van der Waals surface area contributed by atoms with Crippen LogP contribution < -0.4 is 0 Å². The topological polar surface area (TPSA) is 36.4 Å². The van der Waals surface area contributed by atoms with Gasteiger partial charge in [-0.1, -0.05) is 13.0 Å². The van der Waals surface area contributed by atoms with Gasteiger partial charge in [0.25, 0.3) is 0 Å². The minimum atomic E-state index is -0.456. The first kappa shape index (κ1) is 14.5. The number of pyridine rings is 1. The Hall–Kier alpha value is -0.930. The molecule has 1 unspecified atom stereocenters. The van der Waals surface area contributed by atoms with E-state index in [1.165, 1.54) is 12.8 Å². The van der Waals surface area contributed by atoms with E-state index in [-0.39, 0.29) is 5.54 Å². The van der Waals surface area contributed by atoms with E-state index in [9.17, 15) is 5.11 Å². The fraction of sp³-hybridized carbons (Fsp3) is 0.688. The first-order valence-electron chi connectivity index (χ1n) is 7.23. The molecule has 1 aromatic heterocycles. The summed E-state index contributed by atoms with van der Waals surface area (Å²) in [7, 11) is 4.17. The van der Waals surface area contributed by atoms with Crippen molar-refractivity contribution in [1.82, 2.24) is 9.88 Å². The van der Waals surface area contributed by atoms with Crippen LogP contribution in [0.4, 0.5) is 0 Å². The number of aryl methyl sites for hydroxylation is 1. The average Bonchev–Trinajstić information content (AvgIpc) is 2.39. The Morgan fingerprint density at radius 2 is 1.95 bits per heavy atom. The number of aromatic nitrogens is 1. The highest BCUT2D eigenvalue weighted by Gasteiger charge is 2.43. The molecule has 0 aromatic carbocycles. The highest BCUT2D eigenvalue weighted by molar-refractivity contribution is 5.23. The van der Waals surface area contributed by atoms with Gasteiger partial charge >= 0.3 is 0 Å². The van der Waals surface area contributed by atoms with Gasteiger partial charge in [-0.2, -0.15) is 0 Å². The van der Waals surface area contributed by atoms with Gasteiger partial charge in [0, 0.05) is 18.0 Å². The Bertz CT molecular complexity index is 423. The van der Waals surface area contributed by atoms with Crippen LogP contribution in [0, 0.1) is 12.8 Å². The average molecular weight is 262 g/mol. The first-order valence-corrected chi connectivity index (χ1v) is 7.23. The van der Waals surface area contributed by atoms with Gasteiger partial charge in [0.15, 0.2) is 0 Å². The molecular weight excluding hydrogens is 236 g/mol. The molecule has 0 amide bonds. The fourth-order valence-corrected chi connectivity index (χ4v) is 3.27. The second-order valence-corrected chi connectivity index (χ2v) is 6.38. The summed E-state index contributed by atoms with van der Waals surface area (Å²) in [6, 6.07) is 2.06. The predicted octanol–water partition coefficient (Wildman–Crippen LogP) is 2.93. The standard InChI is InChI=1S/C16H26N2O/c1-12-5-7-16(8-6-12,18(3)4)15(19)14-9-13(2)10-17-11-14/h9-12,15,19H,5-8H2,1-4H3. The normalized spacial score (nSPS) is 29.5. The molecular formula is C16H26N2O. The van der Waals surface area contributed by atoms with Gasteiger partial charge in [-0.15, -0.1) is 0 Å². The molecule has 0 spiro atoms. The molecule has 1 atom stereocenters. The Morgan fingerprint density at radius 3 is 2.47 bits per heavy atom. The highest BCUT2D eigenvalue weighted by atomic mass is 16.3. The maximum absolute atomic E-state index is 10.9. The lowest BCUT2D eigenvalue weighted by Gasteiger charge is -2.47. The number of hydrogen-bond acceptors (Lipinski definition) is 3. The van der Waals surface area contributed by atoms with E-state index in [1.54, 1.807) is 6.20 Å². The van der Waals surface area contributed by atoms with Gasteiger partial charge in [0.2, 0.25) is 0 Å². The van der Waals surface area contributed by atoms with Crippen molar-refractivity contribution in [3.63, 3.8) is 0 Å². The minimum Gasteiger partial charge on any atom is -0.386 e. The summed E-state index contributed by atoms with van der Waals surface area (Å²) in [4.78, 5) is 6.44. The SMILES string of the molecule is Cc1cncc(C(O)C2(N(C)C)CCC(C)CC2)c1. The lowest BCUT2D eigenvalue weighted by molar-refractivity contribution is -0.0410. The number of aliphatic hydroxyl groups excluding tert-OH is 1. The van der Waals surface area contributed by atoms with Gasteiger partial charge in [0.05, 0.1) is 11.6 Å². The molecule has 1 aliphatic rings. The Balaban J connectivity index is 2.29. The third-order valence-corrected chi connectivity index (χ3v) is 4.75. The lowest BCUT2D eigenvalue weighted by atomic mass is 9.71. The number of rotatable bonds is 3. The fourth-order valence-electron chi connectivity index (χ4n) is 3.27. The van der Waals surface area contributed by atoms with Gasteiger partial charge in [-0.05, 0) is 58.2 Å². The molecule has 1 fully saturated rings. The van der Waals surface area contributed by atoms with Crippen molar-refractivity contribution >= 4 is 0 Å². The van der Waals surface area contributed by atoms with E-state index in [0.717, 1.165) is 29.9 Å². The molecule has 106 valence electrons. The van der Waals surface area contributed by atoms with Crippen molar-refractivity contribution in [2.45, 2.75) is 51.2 Å².